The number of aromatic nitrogens is 2. The fraction of sp³-hybridized carbons (Fsp3) is 0.263. The Hall–Kier alpha value is -2.25. The first-order chi connectivity index (χ1) is 12.5. The fourth-order valence-electron chi connectivity index (χ4n) is 3.08. The summed E-state index contributed by atoms with van der Waals surface area (Å²) in [6.07, 6.45) is -1.71. The fourth-order valence-corrected chi connectivity index (χ4v) is 3.83. The summed E-state index contributed by atoms with van der Waals surface area (Å²) in [6.45, 7) is 2.62. The Bertz CT molecular complexity index is 889. The molecule has 1 aliphatic rings. The molecule has 0 saturated heterocycles. The van der Waals surface area contributed by atoms with Crippen LogP contribution in [-0.4, -0.2) is 21.4 Å². The quantitative estimate of drug-likeness (QED) is 0.660. The molecule has 0 radical (unpaired) electrons. The van der Waals surface area contributed by atoms with Crippen LogP contribution >= 0.6 is 11.3 Å². The van der Waals surface area contributed by atoms with E-state index in [-0.39, 0.29) is 0 Å². The molecule has 0 spiro atoms. The number of rotatable bonds is 3. The molecule has 2 aromatic heterocycles. The topological polar surface area (TPSA) is 29.0 Å². The summed E-state index contributed by atoms with van der Waals surface area (Å²) < 4.78 is 38.1. The molecular formula is C19H16F3N3S. The number of fused-ring (bicyclic) bond motifs is 1. The average molecular weight is 375 g/mol. The van der Waals surface area contributed by atoms with E-state index in [2.05, 4.69) is 32.4 Å². The molecule has 3 nitrogen and oxygen atoms in total. The number of alkyl halides is 3. The Morgan fingerprint density at radius 1 is 1.12 bits per heavy atom. The Labute approximate surface area is 153 Å². The summed E-state index contributed by atoms with van der Waals surface area (Å²) in [4.78, 5) is 12.6. The predicted octanol–water partition coefficient (Wildman–Crippen LogP) is 4.78. The standard InChI is InChI=1S/C19H16F3N3S/c20-19(21,22)15-5-3-13(4-6-15)18-23-10-14-11-25(8-7-17(14)24-18)12-16-2-1-9-26-16/h1-6,9-10H,7-8,11-12H2. The van der Waals surface area contributed by atoms with Crippen molar-refractivity contribution in [2.45, 2.75) is 25.7 Å². The van der Waals surface area contributed by atoms with Crippen molar-refractivity contribution in [2.24, 2.45) is 0 Å². The molecule has 1 aliphatic heterocycles. The highest BCUT2D eigenvalue weighted by Crippen LogP contribution is 2.30. The van der Waals surface area contributed by atoms with Crippen LogP contribution in [0.3, 0.4) is 0 Å². The molecule has 0 amide bonds. The first-order valence-electron chi connectivity index (χ1n) is 8.26. The van der Waals surface area contributed by atoms with E-state index in [1.54, 1.807) is 17.5 Å². The van der Waals surface area contributed by atoms with Crippen LogP contribution in [0.1, 0.15) is 21.7 Å². The molecule has 134 valence electrons. The normalized spacial score (nSPS) is 15.0. The van der Waals surface area contributed by atoms with Crippen LogP contribution in [0.15, 0.2) is 48.0 Å². The van der Waals surface area contributed by atoms with E-state index in [9.17, 15) is 13.2 Å². The van der Waals surface area contributed by atoms with Crippen molar-refractivity contribution < 1.29 is 13.2 Å². The lowest BCUT2D eigenvalue weighted by Crippen LogP contribution is -2.30. The molecule has 0 unspecified atom stereocenters. The number of benzene rings is 1. The molecule has 0 fully saturated rings. The van der Waals surface area contributed by atoms with Crippen LogP contribution in [0.4, 0.5) is 13.2 Å². The smallest absolute Gasteiger partial charge is 0.294 e. The second kappa shape index (κ2) is 6.81. The van der Waals surface area contributed by atoms with Gasteiger partial charge in [0.1, 0.15) is 0 Å². The van der Waals surface area contributed by atoms with Gasteiger partial charge in [-0.2, -0.15) is 13.2 Å². The Morgan fingerprint density at radius 2 is 1.92 bits per heavy atom. The highest BCUT2D eigenvalue weighted by molar-refractivity contribution is 7.09. The van der Waals surface area contributed by atoms with Crippen molar-refractivity contribution in [2.75, 3.05) is 6.54 Å². The lowest BCUT2D eigenvalue weighted by molar-refractivity contribution is -0.137. The zero-order valence-corrected chi connectivity index (χ0v) is 14.6. The van der Waals surface area contributed by atoms with Crippen LogP contribution in [-0.2, 0) is 25.7 Å². The summed E-state index contributed by atoms with van der Waals surface area (Å²) in [5.41, 5.74) is 2.01. The van der Waals surface area contributed by atoms with Gasteiger partial charge in [-0.3, -0.25) is 4.90 Å². The lowest BCUT2D eigenvalue weighted by Gasteiger charge is -2.27. The minimum Gasteiger partial charge on any atom is -0.294 e. The maximum atomic E-state index is 12.7. The van der Waals surface area contributed by atoms with Crippen molar-refractivity contribution in [3.63, 3.8) is 0 Å². The second-order valence-electron chi connectivity index (χ2n) is 6.28. The molecule has 0 N–H and O–H groups in total. The highest BCUT2D eigenvalue weighted by atomic mass is 32.1. The van der Waals surface area contributed by atoms with E-state index in [4.69, 9.17) is 0 Å². The SMILES string of the molecule is FC(F)(F)c1ccc(-c2ncc3c(n2)CCN(Cc2cccs2)C3)cc1. The first kappa shape index (κ1) is 17.2. The predicted molar refractivity (Wildman–Crippen MR) is 94.6 cm³/mol. The number of hydrogen-bond acceptors (Lipinski definition) is 4. The molecule has 7 heteroatoms. The molecule has 0 saturated carbocycles. The van der Waals surface area contributed by atoms with Gasteiger partial charge in [0.05, 0.1) is 11.3 Å². The maximum Gasteiger partial charge on any atom is 0.416 e. The van der Waals surface area contributed by atoms with Gasteiger partial charge in [0.15, 0.2) is 5.82 Å². The summed E-state index contributed by atoms with van der Waals surface area (Å²) in [5, 5.41) is 2.08. The monoisotopic (exact) mass is 375 g/mol. The third kappa shape index (κ3) is 3.64. The molecule has 0 aliphatic carbocycles. The largest absolute Gasteiger partial charge is 0.416 e. The minimum absolute atomic E-state index is 0.476. The van der Waals surface area contributed by atoms with Crippen LogP contribution in [0.25, 0.3) is 11.4 Å². The number of halogens is 3. The van der Waals surface area contributed by atoms with E-state index in [1.807, 2.05) is 0 Å². The third-order valence-corrected chi connectivity index (χ3v) is 5.30. The van der Waals surface area contributed by atoms with Gasteiger partial charge in [0.2, 0.25) is 0 Å². The molecule has 26 heavy (non-hydrogen) atoms. The minimum atomic E-state index is -4.33. The van der Waals surface area contributed by atoms with Crippen molar-refractivity contribution in [1.82, 2.24) is 14.9 Å². The number of nitrogens with zero attached hydrogens (tertiary/aromatic N) is 3. The lowest BCUT2D eigenvalue weighted by atomic mass is 10.1. The van der Waals surface area contributed by atoms with Crippen molar-refractivity contribution >= 4 is 11.3 Å². The Balaban J connectivity index is 1.51. The summed E-state index contributed by atoms with van der Waals surface area (Å²) in [5.74, 6) is 0.476. The van der Waals surface area contributed by atoms with Gasteiger partial charge < -0.3 is 0 Å². The highest BCUT2D eigenvalue weighted by Gasteiger charge is 2.30. The van der Waals surface area contributed by atoms with Gasteiger partial charge >= 0.3 is 6.18 Å². The van der Waals surface area contributed by atoms with E-state index in [0.29, 0.717) is 11.4 Å². The molecule has 3 aromatic rings. The molecular weight excluding hydrogens is 359 g/mol. The van der Waals surface area contributed by atoms with E-state index < -0.39 is 11.7 Å². The number of thiophene rings is 1. The maximum absolute atomic E-state index is 12.7. The first-order valence-corrected chi connectivity index (χ1v) is 9.14. The van der Waals surface area contributed by atoms with Crippen molar-refractivity contribution in [3.05, 3.63) is 69.7 Å². The molecule has 0 bridgehead atoms. The molecule has 0 atom stereocenters. The summed E-state index contributed by atoms with van der Waals surface area (Å²) in [6, 6.07) is 9.18. The van der Waals surface area contributed by atoms with Gasteiger partial charge in [-0.25, -0.2) is 9.97 Å². The molecule has 4 rings (SSSR count). The second-order valence-corrected chi connectivity index (χ2v) is 7.31. The van der Waals surface area contributed by atoms with Gasteiger partial charge in [0, 0.05) is 48.3 Å². The molecule has 3 heterocycles. The van der Waals surface area contributed by atoms with Crippen molar-refractivity contribution in [3.8, 4) is 11.4 Å². The van der Waals surface area contributed by atoms with Crippen LogP contribution in [0.5, 0.6) is 0 Å². The van der Waals surface area contributed by atoms with Gasteiger partial charge in [0.25, 0.3) is 0 Å². The summed E-state index contributed by atoms with van der Waals surface area (Å²) in [7, 11) is 0. The van der Waals surface area contributed by atoms with Crippen LogP contribution < -0.4 is 0 Å². The van der Waals surface area contributed by atoms with Gasteiger partial charge in [-0.05, 0) is 23.6 Å². The zero-order valence-electron chi connectivity index (χ0n) is 13.8. The van der Waals surface area contributed by atoms with E-state index in [0.717, 1.165) is 49.4 Å². The van der Waals surface area contributed by atoms with Crippen LogP contribution in [0, 0.1) is 0 Å². The average Bonchev–Trinajstić information content (AvgIpc) is 3.14. The Kier molecular flexibility index (Phi) is 4.50. The van der Waals surface area contributed by atoms with Gasteiger partial charge in [-0.15, -0.1) is 11.3 Å². The summed E-state index contributed by atoms with van der Waals surface area (Å²) >= 11 is 1.75. The van der Waals surface area contributed by atoms with Gasteiger partial charge in [-0.1, -0.05) is 18.2 Å². The molecule has 1 aromatic carbocycles. The van der Waals surface area contributed by atoms with E-state index in [1.165, 1.54) is 17.0 Å². The van der Waals surface area contributed by atoms with Crippen LogP contribution in [0.2, 0.25) is 0 Å². The van der Waals surface area contributed by atoms with Crippen molar-refractivity contribution in [1.29, 1.82) is 0 Å². The Morgan fingerprint density at radius 3 is 2.62 bits per heavy atom. The zero-order chi connectivity index (χ0) is 18.1. The van der Waals surface area contributed by atoms with E-state index >= 15 is 0 Å². The number of hydrogen-bond donors (Lipinski definition) is 0. The third-order valence-electron chi connectivity index (χ3n) is 4.44.